The van der Waals surface area contributed by atoms with Crippen molar-refractivity contribution in [1.29, 1.82) is 0 Å². The van der Waals surface area contributed by atoms with Crippen LogP contribution in [0.4, 0.5) is 15.8 Å². The molecule has 0 aromatic heterocycles. The molecule has 0 saturated carbocycles. The van der Waals surface area contributed by atoms with Crippen LogP contribution in [0.3, 0.4) is 0 Å². The van der Waals surface area contributed by atoms with Crippen LogP contribution < -0.4 is 0 Å². The molecule has 0 aliphatic heterocycles. The highest BCUT2D eigenvalue weighted by Crippen LogP contribution is 2.47. The fourth-order valence-electron chi connectivity index (χ4n) is 2.55. The predicted octanol–water partition coefficient (Wildman–Crippen LogP) is 4.03. The van der Waals surface area contributed by atoms with Crippen LogP contribution >= 0.6 is 11.6 Å². The van der Waals surface area contributed by atoms with E-state index in [9.17, 15) is 34.8 Å². The van der Waals surface area contributed by atoms with Gasteiger partial charge < -0.3 is 10.2 Å². The second-order valence-corrected chi connectivity index (χ2v) is 6.22. The Morgan fingerprint density at radius 2 is 1.40 bits per heavy atom. The van der Waals surface area contributed by atoms with Crippen molar-refractivity contribution in [2.24, 2.45) is 0 Å². The molecule has 0 amide bonds. The smallest absolute Gasteiger partial charge is 0.313 e. The molecule has 0 heterocycles. The molecule has 25 heavy (non-hydrogen) atoms. The monoisotopic (exact) mass is 370 g/mol. The number of nitro groups is 2. The predicted molar refractivity (Wildman–Crippen MR) is 86.6 cm³/mol. The highest BCUT2D eigenvalue weighted by molar-refractivity contribution is 6.31. The maximum atomic E-state index is 13.8. The van der Waals surface area contributed by atoms with Gasteiger partial charge >= 0.3 is 11.4 Å². The molecular formula is C15H12ClFN2O6. The third kappa shape index (κ3) is 3.18. The largest absolute Gasteiger partial charge is 0.502 e. The van der Waals surface area contributed by atoms with Crippen molar-refractivity contribution in [1.82, 2.24) is 0 Å². The van der Waals surface area contributed by atoms with Crippen molar-refractivity contribution in [3.63, 3.8) is 0 Å². The second-order valence-electron chi connectivity index (χ2n) is 5.78. The molecule has 0 saturated heterocycles. The molecule has 0 atom stereocenters. The SMILES string of the molecule is CC(C)(c1cc(F)cc([N+](=O)[O-])c1O)c1cc(Cl)cc([N+](=O)[O-])c1O. The van der Waals surface area contributed by atoms with Crippen LogP contribution in [-0.2, 0) is 5.41 Å². The number of hydrogen-bond donors (Lipinski definition) is 2. The van der Waals surface area contributed by atoms with E-state index in [-0.39, 0.29) is 16.1 Å². The topological polar surface area (TPSA) is 127 Å². The van der Waals surface area contributed by atoms with Crippen LogP contribution in [0.1, 0.15) is 25.0 Å². The second kappa shape index (κ2) is 6.17. The molecule has 0 spiro atoms. The first kappa shape index (κ1) is 18.4. The molecule has 0 radical (unpaired) electrons. The van der Waals surface area contributed by atoms with Crippen LogP contribution in [0.25, 0.3) is 0 Å². The Morgan fingerprint density at radius 3 is 1.88 bits per heavy atom. The third-order valence-electron chi connectivity index (χ3n) is 3.85. The van der Waals surface area contributed by atoms with E-state index >= 15 is 0 Å². The average Bonchev–Trinajstić information content (AvgIpc) is 2.50. The van der Waals surface area contributed by atoms with Crippen LogP contribution in [0.2, 0.25) is 5.02 Å². The summed E-state index contributed by atoms with van der Waals surface area (Å²) in [6.07, 6.45) is 0. The van der Waals surface area contributed by atoms with Crippen molar-refractivity contribution in [3.05, 3.63) is 66.5 Å². The summed E-state index contributed by atoms with van der Waals surface area (Å²) in [6, 6.07) is 3.55. The van der Waals surface area contributed by atoms with Crippen LogP contribution in [0, 0.1) is 26.0 Å². The van der Waals surface area contributed by atoms with E-state index in [4.69, 9.17) is 11.6 Å². The number of hydrogen-bond acceptors (Lipinski definition) is 6. The minimum atomic E-state index is -1.43. The first-order valence-electron chi connectivity index (χ1n) is 6.81. The molecular weight excluding hydrogens is 359 g/mol. The van der Waals surface area contributed by atoms with Crippen molar-refractivity contribution in [3.8, 4) is 11.5 Å². The van der Waals surface area contributed by atoms with Gasteiger partial charge in [0.05, 0.1) is 15.9 Å². The molecule has 0 aliphatic carbocycles. The van der Waals surface area contributed by atoms with E-state index < -0.39 is 44.0 Å². The first-order chi connectivity index (χ1) is 11.5. The van der Waals surface area contributed by atoms with Crippen molar-refractivity contribution in [2.75, 3.05) is 0 Å². The fraction of sp³-hybridized carbons (Fsp3) is 0.200. The third-order valence-corrected chi connectivity index (χ3v) is 4.07. The van der Waals surface area contributed by atoms with Crippen LogP contribution in [0.5, 0.6) is 11.5 Å². The van der Waals surface area contributed by atoms with E-state index in [1.54, 1.807) is 0 Å². The summed E-state index contributed by atoms with van der Waals surface area (Å²) in [5.41, 5.74) is -3.30. The molecule has 2 N–H and O–H groups in total. The normalized spacial score (nSPS) is 11.4. The molecule has 2 aromatic rings. The summed E-state index contributed by atoms with van der Waals surface area (Å²) < 4.78 is 13.8. The zero-order valence-corrected chi connectivity index (χ0v) is 13.7. The van der Waals surface area contributed by atoms with Gasteiger partial charge in [0.15, 0.2) is 11.5 Å². The molecule has 2 aromatic carbocycles. The van der Waals surface area contributed by atoms with Gasteiger partial charge in [-0.25, -0.2) is 4.39 Å². The molecule has 0 unspecified atom stereocenters. The van der Waals surface area contributed by atoms with E-state index in [2.05, 4.69) is 0 Å². The van der Waals surface area contributed by atoms with Gasteiger partial charge in [0.1, 0.15) is 5.82 Å². The highest BCUT2D eigenvalue weighted by Gasteiger charge is 2.36. The lowest BCUT2D eigenvalue weighted by atomic mass is 9.76. The Bertz CT molecular complexity index is 829. The maximum Gasteiger partial charge on any atom is 0.313 e. The summed E-state index contributed by atoms with van der Waals surface area (Å²) >= 11 is 5.85. The van der Waals surface area contributed by atoms with Gasteiger partial charge in [0.25, 0.3) is 0 Å². The van der Waals surface area contributed by atoms with Crippen LogP contribution in [0.15, 0.2) is 24.3 Å². The lowest BCUT2D eigenvalue weighted by molar-refractivity contribution is -0.386. The summed E-state index contributed by atoms with van der Waals surface area (Å²) in [6.45, 7) is 2.81. The fourth-order valence-corrected chi connectivity index (χ4v) is 2.76. The molecule has 8 nitrogen and oxygen atoms in total. The molecule has 0 fully saturated rings. The van der Waals surface area contributed by atoms with Gasteiger partial charge in [0.2, 0.25) is 0 Å². The van der Waals surface area contributed by atoms with E-state index in [1.807, 2.05) is 0 Å². The summed E-state index contributed by atoms with van der Waals surface area (Å²) in [4.78, 5) is 20.2. The van der Waals surface area contributed by atoms with Crippen LogP contribution in [-0.4, -0.2) is 20.1 Å². The van der Waals surface area contributed by atoms with Gasteiger partial charge in [-0.1, -0.05) is 25.4 Å². The number of phenolic OH excluding ortho intramolecular Hbond substituents is 2. The van der Waals surface area contributed by atoms with Crippen molar-refractivity contribution in [2.45, 2.75) is 19.3 Å². The van der Waals surface area contributed by atoms with Gasteiger partial charge in [0, 0.05) is 27.6 Å². The Balaban J connectivity index is 2.81. The number of nitrogens with zero attached hydrogens (tertiary/aromatic N) is 2. The number of rotatable bonds is 4. The Hall–Kier alpha value is -2.94. The molecule has 0 bridgehead atoms. The summed E-state index contributed by atoms with van der Waals surface area (Å²) in [7, 11) is 0. The highest BCUT2D eigenvalue weighted by atomic mass is 35.5. The summed E-state index contributed by atoms with van der Waals surface area (Å²) in [5, 5.41) is 42.3. The van der Waals surface area contributed by atoms with E-state index in [0.717, 1.165) is 12.1 Å². The van der Waals surface area contributed by atoms with Gasteiger partial charge in [-0.2, -0.15) is 0 Å². The quantitative estimate of drug-likeness (QED) is 0.617. The van der Waals surface area contributed by atoms with E-state index in [1.165, 1.54) is 19.9 Å². The number of phenols is 2. The molecule has 10 heteroatoms. The number of aromatic hydroxyl groups is 2. The zero-order valence-electron chi connectivity index (χ0n) is 13.0. The standard InChI is InChI=1S/C15H12ClFN2O6/c1-15(2,9-3-7(16)4-11(13(9)20)18(22)23)10-5-8(17)6-12(14(10)21)19(24)25/h3-6,20-21H,1-2H3. The molecule has 0 aliphatic rings. The molecule has 132 valence electrons. The lowest BCUT2D eigenvalue weighted by Gasteiger charge is -2.27. The number of nitro benzene ring substituents is 2. The minimum absolute atomic E-state index is 0.0713. The lowest BCUT2D eigenvalue weighted by Crippen LogP contribution is -2.20. The summed E-state index contributed by atoms with van der Waals surface area (Å²) in [5.74, 6) is -2.52. The zero-order chi connectivity index (χ0) is 19.1. The van der Waals surface area contributed by atoms with Gasteiger partial charge in [-0.05, 0) is 12.1 Å². The Labute approximate surface area is 145 Å². The maximum absolute atomic E-state index is 13.8. The number of benzene rings is 2. The average molecular weight is 371 g/mol. The molecule has 2 rings (SSSR count). The Kier molecular flexibility index (Phi) is 4.54. The van der Waals surface area contributed by atoms with Crippen molar-refractivity contribution < 1.29 is 24.5 Å². The first-order valence-corrected chi connectivity index (χ1v) is 7.19. The Morgan fingerprint density at radius 1 is 0.960 bits per heavy atom. The van der Waals surface area contributed by atoms with Crippen molar-refractivity contribution >= 4 is 23.0 Å². The van der Waals surface area contributed by atoms with Gasteiger partial charge in [-0.15, -0.1) is 0 Å². The number of halogens is 2. The van der Waals surface area contributed by atoms with Gasteiger partial charge in [-0.3, -0.25) is 20.2 Å². The minimum Gasteiger partial charge on any atom is -0.502 e. The van der Waals surface area contributed by atoms with E-state index in [0.29, 0.717) is 6.07 Å².